The summed E-state index contributed by atoms with van der Waals surface area (Å²) in [4.78, 5) is 21.6. The van der Waals surface area contributed by atoms with E-state index in [2.05, 4.69) is 32.4 Å². The number of alkyl halides is 3. The lowest BCUT2D eigenvalue weighted by Gasteiger charge is -2.35. The maximum atomic E-state index is 15.7. The van der Waals surface area contributed by atoms with Crippen molar-refractivity contribution in [1.29, 1.82) is 0 Å². The molecule has 1 aromatic heterocycles. The highest BCUT2D eigenvalue weighted by Crippen LogP contribution is 2.37. The fourth-order valence-electron chi connectivity index (χ4n) is 5.24. The first-order valence-corrected chi connectivity index (χ1v) is 13.9. The van der Waals surface area contributed by atoms with Gasteiger partial charge in [-0.1, -0.05) is 6.58 Å². The summed E-state index contributed by atoms with van der Waals surface area (Å²) < 4.78 is 62.5. The molecule has 0 bridgehead atoms. The van der Waals surface area contributed by atoms with Crippen LogP contribution in [0.3, 0.4) is 0 Å². The summed E-state index contributed by atoms with van der Waals surface area (Å²) in [7, 11) is 1.97. The maximum Gasteiger partial charge on any atom is 0.417 e. The van der Waals surface area contributed by atoms with E-state index in [4.69, 9.17) is 4.74 Å². The van der Waals surface area contributed by atoms with Crippen LogP contribution in [-0.4, -0.2) is 74.4 Å². The number of carbonyl (C=O) groups excluding carboxylic acids is 1. The fourth-order valence-corrected chi connectivity index (χ4v) is 5.24. The summed E-state index contributed by atoms with van der Waals surface area (Å²) in [5, 5.41) is 8.71. The molecule has 2 saturated heterocycles. The third-order valence-electron chi connectivity index (χ3n) is 7.66. The maximum absolute atomic E-state index is 15.7. The van der Waals surface area contributed by atoms with E-state index in [-0.39, 0.29) is 16.9 Å². The zero-order valence-electron chi connectivity index (χ0n) is 23.4. The number of nitrogens with zero attached hydrogens (tertiary/aromatic N) is 3. The van der Waals surface area contributed by atoms with Crippen molar-refractivity contribution in [1.82, 2.24) is 20.5 Å². The Morgan fingerprint density at radius 2 is 1.88 bits per heavy atom. The van der Waals surface area contributed by atoms with Gasteiger partial charge in [0.2, 0.25) is 0 Å². The summed E-state index contributed by atoms with van der Waals surface area (Å²) in [6, 6.07) is 4.95. The largest absolute Gasteiger partial charge is 0.417 e. The monoisotopic (exact) mass is 586 g/mol. The van der Waals surface area contributed by atoms with Crippen molar-refractivity contribution in [3.8, 4) is 11.1 Å². The van der Waals surface area contributed by atoms with Gasteiger partial charge in [-0.05, 0) is 49.7 Å². The molecule has 1 amide bonds. The van der Waals surface area contributed by atoms with E-state index >= 15 is 4.39 Å². The molecule has 4 heterocycles. The normalized spacial score (nSPS) is 18.8. The first-order chi connectivity index (χ1) is 20.1. The summed E-state index contributed by atoms with van der Waals surface area (Å²) >= 11 is 0. The topological polar surface area (TPSA) is 81.8 Å². The van der Waals surface area contributed by atoms with Gasteiger partial charge in [0.15, 0.2) is 0 Å². The van der Waals surface area contributed by atoms with Crippen LogP contribution in [0.2, 0.25) is 0 Å². The number of pyridine rings is 1. The van der Waals surface area contributed by atoms with Crippen LogP contribution in [0.4, 0.5) is 28.9 Å². The van der Waals surface area contributed by atoms with Crippen LogP contribution in [0, 0.1) is 5.82 Å². The third kappa shape index (κ3) is 7.00. The van der Waals surface area contributed by atoms with Crippen LogP contribution in [-0.2, 0) is 16.1 Å². The lowest BCUT2D eigenvalue weighted by Crippen LogP contribution is -2.44. The van der Waals surface area contributed by atoms with Crippen molar-refractivity contribution in [2.24, 2.45) is 0 Å². The molecule has 3 aliphatic rings. The average Bonchev–Trinajstić information content (AvgIpc) is 2.97. The molecule has 3 aliphatic heterocycles. The Hall–Kier alpha value is -3.74. The van der Waals surface area contributed by atoms with Crippen LogP contribution in [0.25, 0.3) is 11.1 Å². The number of dihydropyridines is 1. The number of nitrogens with one attached hydrogen (secondary N) is 3. The minimum absolute atomic E-state index is 0.0137. The van der Waals surface area contributed by atoms with E-state index in [0.717, 1.165) is 30.7 Å². The summed E-state index contributed by atoms with van der Waals surface area (Å²) in [5.74, 6) is -1.50. The van der Waals surface area contributed by atoms with E-state index in [0.29, 0.717) is 63.2 Å². The predicted octanol–water partition coefficient (Wildman–Crippen LogP) is 4.34. The molecular weight excluding hydrogens is 552 g/mol. The van der Waals surface area contributed by atoms with Gasteiger partial charge in [-0.2, -0.15) is 13.2 Å². The van der Waals surface area contributed by atoms with Gasteiger partial charge in [0.25, 0.3) is 5.91 Å². The zero-order chi connectivity index (χ0) is 29.9. The summed E-state index contributed by atoms with van der Waals surface area (Å²) in [6.45, 7) is 7.99. The van der Waals surface area contributed by atoms with Crippen molar-refractivity contribution in [2.75, 3.05) is 56.7 Å². The van der Waals surface area contributed by atoms with E-state index in [9.17, 15) is 18.0 Å². The number of carbonyl (C=O) groups is 1. The Balaban J connectivity index is 1.46. The van der Waals surface area contributed by atoms with Crippen molar-refractivity contribution >= 4 is 17.3 Å². The van der Waals surface area contributed by atoms with Crippen molar-refractivity contribution < 1.29 is 27.1 Å². The van der Waals surface area contributed by atoms with Gasteiger partial charge in [-0.25, -0.2) is 4.39 Å². The van der Waals surface area contributed by atoms with E-state index in [1.54, 1.807) is 6.20 Å². The second kappa shape index (κ2) is 12.6. The van der Waals surface area contributed by atoms with Crippen LogP contribution in [0.15, 0.2) is 66.3 Å². The predicted molar refractivity (Wildman–Crippen MR) is 153 cm³/mol. The van der Waals surface area contributed by atoms with Crippen molar-refractivity contribution in [2.45, 2.75) is 31.6 Å². The minimum atomic E-state index is -4.77. The molecule has 5 rings (SSSR count). The van der Waals surface area contributed by atoms with Crippen LogP contribution < -0.4 is 20.9 Å². The molecule has 42 heavy (non-hydrogen) atoms. The number of hydrogen-bond donors (Lipinski definition) is 3. The molecule has 0 saturated carbocycles. The molecule has 12 heteroatoms. The van der Waals surface area contributed by atoms with Crippen LogP contribution in [0.5, 0.6) is 0 Å². The first-order valence-electron chi connectivity index (χ1n) is 13.9. The highest BCUT2D eigenvalue weighted by Gasteiger charge is 2.40. The highest BCUT2D eigenvalue weighted by molar-refractivity contribution is 6.09. The Morgan fingerprint density at radius 3 is 2.60 bits per heavy atom. The van der Waals surface area contributed by atoms with Gasteiger partial charge in [0, 0.05) is 87.4 Å². The smallest absolute Gasteiger partial charge is 0.381 e. The molecule has 224 valence electrons. The Morgan fingerprint density at radius 1 is 1.14 bits per heavy atom. The number of amides is 1. The lowest BCUT2D eigenvalue weighted by molar-refractivity contribution is -0.115. The molecular formula is C30H34F4N6O2. The van der Waals surface area contributed by atoms with Crippen molar-refractivity contribution in [3.63, 3.8) is 0 Å². The van der Waals surface area contributed by atoms with Gasteiger partial charge >= 0.3 is 6.18 Å². The van der Waals surface area contributed by atoms with E-state index in [1.807, 2.05) is 18.0 Å². The molecule has 0 unspecified atom stereocenters. The van der Waals surface area contributed by atoms with Crippen molar-refractivity contribution in [3.05, 3.63) is 77.7 Å². The van der Waals surface area contributed by atoms with Gasteiger partial charge in [-0.3, -0.25) is 9.78 Å². The zero-order valence-corrected chi connectivity index (χ0v) is 23.4. The van der Waals surface area contributed by atoms with Gasteiger partial charge in [-0.15, -0.1) is 0 Å². The number of ether oxygens (including phenoxy) is 1. The van der Waals surface area contributed by atoms with E-state index in [1.165, 1.54) is 18.3 Å². The number of rotatable bonds is 7. The number of allylic oxidation sites excluding steroid dienone is 1. The number of aromatic nitrogens is 1. The van der Waals surface area contributed by atoms with Crippen LogP contribution in [0.1, 0.15) is 18.4 Å². The van der Waals surface area contributed by atoms with Gasteiger partial charge in [0.1, 0.15) is 5.82 Å². The van der Waals surface area contributed by atoms with Gasteiger partial charge < -0.3 is 30.5 Å². The number of benzene rings is 1. The van der Waals surface area contributed by atoms with Gasteiger partial charge in [0.05, 0.1) is 22.5 Å². The molecule has 2 aromatic rings. The molecule has 2 fully saturated rings. The first kappa shape index (κ1) is 29.7. The van der Waals surface area contributed by atoms with E-state index < -0.39 is 29.0 Å². The Kier molecular flexibility index (Phi) is 8.95. The second-order valence-electron chi connectivity index (χ2n) is 10.7. The highest BCUT2D eigenvalue weighted by atomic mass is 19.4. The third-order valence-corrected chi connectivity index (χ3v) is 7.66. The summed E-state index contributed by atoms with van der Waals surface area (Å²) in [5.41, 5.74) is 0.441. The molecule has 8 nitrogen and oxygen atoms in total. The SMILES string of the molecule is C=C1C=C(C(F)(F)F)C(C(=O)Nc2cc(-c3cncc(CNC4CCOCC4)c3)c(F)cc2N2CCN(C)CC2)=CN1. The van der Waals surface area contributed by atoms with Crippen LogP contribution >= 0.6 is 0 Å². The molecule has 0 radical (unpaired) electrons. The molecule has 1 aromatic carbocycles. The molecule has 0 spiro atoms. The number of hydrogen-bond acceptors (Lipinski definition) is 7. The number of likely N-dealkylation sites (N-methyl/N-ethyl adjacent to an activating group) is 1. The number of anilines is 2. The quantitative estimate of drug-likeness (QED) is 0.417. The molecule has 0 atom stereocenters. The average molecular weight is 587 g/mol. The Bertz CT molecular complexity index is 1390. The standard InChI is InChI=1S/C30H34F4N6O2/c1-19-11-25(30(32,33)34)24(18-36-19)29(41)38-27-13-23(26(31)14-28(27)40-7-5-39(2)6-8-40)21-12-20(15-35-17-21)16-37-22-3-9-42-10-4-22/h11-15,17-18,22,36-37H,1,3-10,16H2,2H3,(H,38,41). The molecule has 3 N–H and O–H groups in total. The molecule has 0 aliphatic carbocycles. The fraction of sp³-hybridized carbons (Fsp3) is 0.400. The second-order valence-corrected chi connectivity index (χ2v) is 10.7. The Labute approximate surface area is 242 Å². The lowest BCUT2D eigenvalue weighted by atomic mass is 10.0. The number of piperazine rings is 1. The summed E-state index contributed by atoms with van der Waals surface area (Å²) in [6.07, 6.45) is 2.05. The minimum Gasteiger partial charge on any atom is -0.381 e. The number of halogens is 4.